The molecule has 4 aliphatic heterocycles. The smallest absolute Gasteiger partial charge is 0.219 e. The molecule has 2 aromatic heterocycles. The summed E-state index contributed by atoms with van der Waals surface area (Å²) in [4.78, 5) is 23.8. The van der Waals surface area contributed by atoms with Gasteiger partial charge in [-0.3, -0.25) is 9.48 Å². The summed E-state index contributed by atoms with van der Waals surface area (Å²) in [5.41, 5.74) is 4.93. The fraction of sp³-hybridized carbons (Fsp3) is 0.679. The number of carbonyl (C=O) groups excluding carboxylic acids is 1. The number of likely N-dealkylation sites (tertiary alicyclic amines) is 1. The second kappa shape index (κ2) is 10.6. The number of hydrogen-bond donors (Lipinski definition) is 1. The lowest BCUT2D eigenvalue weighted by molar-refractivity contribution is -0.129. The minimum atomic E-state index is 0.140. The Morgan fingerprint density at radius 2 is 1.92 bits per heavy atom. The van der Waals surface area contributed by atoms with Gasteiger partial charge in [0.1, 0.15) is 0 Å². The molecule has 1 amide bonds. The van der Waals surface area contributed by atoms with Crippen LogP contribution in [0.1, 0.15) is 61.9 Å². The highest BCUT2D eigenvalue weighted by molar-refractivity contribution is 5.75. The molecule has 6 rings (SSSR count). The van der Waals surface area contributed by atoms with E-state index in [1.54, 1.807) is 14.0 Å². The molecule has 9 heteroatoms. The van der Waals surface area contributed by atoms with Crippen LogP contribution < -0.4 is 15.0 Å². The molecule has 1 N–H and O–H groups in total. The summed E-state index contributed by atoms with van der Waals surface area (Å²) in [6.07, 6.45) is 9.79. The van der Waals surface area contributed by atoms with Crippen molar-refractivity contribution in [2.24, 2.45) is 5.92 Å². The molecule has 0 bridgehead atoms. The van der Waals surface area contributed by atoms with Crippen LogP contribution in [0.3, 0.4) is 0 Å². The number of pyridine rings is 1. The van der Waals surface area contributed by atoms with Crippen LogP contribution in [0.5, 0.6) is 5.88 Å². The summed E-state index contributed by atoms with van der Waals surface area (Å²) in [6, 6.07) is 2.49. The molecule has 37 heavy (non-hydrogen) atoms. The summed E-state index contributed by atoms with van der Waals surface area (Å²) in [7, 11) is 1.67. The van der Waals surface area contributed by atoms with Crippen LogP contribution in [0.15, 0.2) is 12.3 Å². The lowest BCUT2D eigenvalue weighted by atomic mass is 9.95. The monoisotopic (exact) mass is 507 g/mol. The summed E-state index contributed by atoms with van der Waals surface area (Å²) in [5, 5.41) is 8.83. The normalized spacial score (nSPS) is 21.6. The Labute approximate surface area is 220 Å². The van der Waals surface area contributed by atoms with Crippen molar-refractivity contribution in [1.29, 1.82) is 0 Å². The Kier molecular flexibility index (Phi) is 7.08. The topological polar surface area (TPSA) is 78.8 Å². The number of aryl methyl sites for hydroxylation is 1. The maximum absolute atomic E-state index is 12.3. The average molecular weight is 508 g/mol. The van der Waals surface area contributed by atoms with Crippen LogP contribution in [0.25, 0.3) is 0 Å². The number of fused-ring (bicyclic) bond motifs is 2. The van der Waals surface area contributed by atoms with Crippen molar-refractivity contribution in [3.63, 3.8) is 0 Å². The maximum atomic E-state index is 12.3. The zero-order valence-electron chi connectivity index (χ0n) is 22.4. The molecule has 0 spiro atoms. The number of rotatable bonds is 5. The Bertz CT molecular complexity index is 1120. The first-order valence-corrected chi connectivity index (χ1v) is 14.2. The highest BCUT2D eigenvalue weighted by Gasteiger charge is 2.34. The molecule has 0 aliphatic carbocycles. The van der Waals surface area contributed by atoms with Crippen LogP contribution in [-0.2, 0) is 24.2 Å². The van der Waals surface area contributed by atoms with E-state index in [-0.39, 0.29) is 5.91 Å². The van der Waals surface area contributed by atoms with E-state index in [9.17, 15) is 4.79 Å². The molecular weight excluding hydrogens is 466 g/mol. The van der Waals surface area contributed by atoms with Gasteiger partial charge in [-0.05, 0) is 63.1 Å². The van der Waals surface area contributed by atoms with Gasteiger partial charge in [-0.15, -0.1) is 0 Å². The second-order valence-electron chi connectivity index (χ2n) is 11.2. The predicted molar refractivity (Wildman–Crippen MR) is 143 cm³/mol. The summed E-state index contributed by atoms with van der Waals surface area (Å²) in [6.45, 7) is 9.89. The van der Waals surface area contributed by atoms with Crippen molar-refractivity contribution in [1.82, 2.24) is 29.9 Å². The number of nitrogens with one attached hydrogen (secondary N) is 1. The van der Waals surface area contributed by atoms with Crippen LogP contribution in [0.2, 0.25) is 0 Å². The number of ether oxygens (including phenoxy) is 1. The molecule has 0 saturated carbocycles. The first-order valence-electron chi connectivity index (χ1n) is 14.2. The number of amides is 1. The number of piperidine rings is 2. The molecule has 200 valence electrons. The van der Waals surface area contributed by atoms with E-state index in [1.807, 2.05) is 11.1 Å². The quantitative estimate of drug-likeness (QED) is 0.667. The number of methoxy groups -OCH3 is 1. The third-order valence-electron chi connectivity index (χ3n) is 8.91. The molecule has 0 unspecified atom stereocenters. The van der Waals surface area contributed by atoms with Crippen molar-refractivity contribution in [2.45, 2.75) is 64.5 Å². The second-order valence-corrected chi connectivity index (χ2v) is 11.2. The number of carbonyl (C=O) groups is 1. The zero-order chi connectivity index (χ0) is 25.4. The molecule has 2 aromatic rings. The fourth-order valence-corrected chi connectivity index (χ4v) is 6.78. The molecule has 0 aromatic carbocycles. The molecule has 6 heterocycles. The van der Waals surface area contributed by atoms with Crippen LogP contribution in [-0.4, -0.2) is 83.4 Å². The number of nitrogens with zero attached hydrogens (tertiary/aromatic N) is 6. The van der Waals surface area contributed by atoms with Crippen molar-refractivity contribution in [3.05, 3.63) is 29.1 Å². The van der Waals surface area contributed by atoms with Crippen molar-refractivity contribution >= 4 is 17.4 Å². The van der Waals surface area contributed by atoms with E-state index >= 15 is 0 Å². The Morgan fingerprint density at radius 3 is 2.68 bits per heavy atom. The highest BCUT2D eigenvalue weighted by Crippen LogP contribution is 2.40. The third-order valence-corrected chi connectivity index (χ3v) is 8.91. The van der Waals surface area contributed by atoms with E-state index in [4.69, 9.17) is 9.84 Å². The Balaban J connectivity index is 1.27. The number of aromatic nitrogens is 3. The van der Waals surface area contributed by atoms with E-state index in [0.29, 0.717) is 18.5 Å². The highest BCUT2D eigenvalue weighted by atomic mass is 16.5. The van der Waals surface area contributed by atoms with E-state index in [2.05, 4.69) is 30.8 Å². The van der Waals surface area contributed by atoms with Gasteiger partial charge in [0.05, 0.1) is 31.6 Å². The largest absolute Gasteiger partial charge is 0.481 e. The van der Waals surface area contributed by atoms with Gasteiger partial charge in [0.25, 0.3) is 0 Å². The van der Waals surface area contributed by atoms with Crippen LogP contribution >= 0.6 is 0 Å². The van der Waals surface area contributed by atoms with Crippen LogP contribution in [0, 0.1) is 5.92 Å². The van der Waals surface area contributed by atoms with Crippen molar-refractivity contribution in [2.75, 3.05) is 57.8 Å². The van der Waals surface area contributed by atoms with Gasteiger partial charge in [0, 0.05) is 63.4 Å². The zero-order valence-corrected chi connectivity index (χ0v) is 22.4. The molecule has 2 fully saturated rings. The van der Waals surface area contributed by atoms with E-state index in [1.165, 1.54) is 49.3 Å². The lowest BCUT2D eigenvalue weighted by Crippen LogP contribution is -2.41. The van der Waals surface area contributed by atoms with Gasteiger partial charge in [-0.25, -0.2) is 4.98 Å². The molecule has 0 atom stereocenters. The minimum Gasteiger partial charge on any atom is -0.481 e. The van der Waals surface area contributed by atoms with Crippen molar-refractivity contribution in [3.8, 4) is 5.88 Å². The molecule has 4 aliphatic rings. The first-order chi connectivity index (χ1) is 18.1. The molecule has 2 saturated heterocycles. The molecule has 9 nitrogen and oxygen atoms in total. The average Bonchev–Trinajstić information content (AvgIpc) is 3.32. The lowest BCUT2D eigenvalue weighted by Gasteiger charge is -2.36. The van der Waals surface area contributed by atoms with Gasteiger partial charge < -0.3 is 24.8 Å². The summed E-state index contributed by atoms with van der Waals surface area (Å²) in [5.74, 6) is 2.66. The van der Waals surface area contributed by atoms with Crippen molar-refractivity contribution < 1.29 is 9.53 Å². The first kappa shape index (κ1) is 24.7. The van der Waals surface area contributed by atoms with Gasteiger partial charge in [0.2, 0.25) is 11.8 Å². The number of hydrogen-bond acceptors (Lipinski definition) is 7. The van der Waals surface area contributed by atoms with Gasteiger partial charge >= 0.3 is 0 Å². The van der Waals surface area contributed by atoms with Crippen LogP contribution in [0.4, 0.5) is 11.5 Å². The predicted octanol–water partition coefficient (Wildman–Crippen LogP) is 2.91. The van der Waals surface area contributed by atoms with E-state index < -0.39 is 0 Å². The SMILES string of the molecule is COc1cc2c(cn1)N(c1nn(C3CCN(CC4CCNCC4)CC3)c3c1CN(C(C)=O)CC3)CCC2. The molecule has 0 radical (unpaired) electrons. The summed E-state index contributed by atoms with van der Waals surface area (Å²) >= 11 is 0. The Hall–Kier alpha value is -2.65. The molecular formula is C28H41N7O2. The minimum absolute atomic E-state index is 0.140. The van der Waals surface area contributed by atoms with E-state index in [0.717, 1.165) is 75.7 Å². The van der Waals surface area contributed by atoms with Gasteiger partial charge in [-0.1, -0.05) is 0 Å². The standard InChI is InChI=1S/C28H41N7O2/c1-20(36)33-15-9-25-24(19-33)28(34-12-3-4-22-16-27(37-2)30-17-26(22)34)31-35(25)23-7-13-32(14-8-23)18-21-5-10-29-11-6-21/h16-17,21,23,29H,3-15,18-19H2,1-2H3. The number of anilines is 2. The third kappa shape index (κ3) is 4.95. The summed E-state index contributed by atoms with van der Waals surface area (Å²) < 4.78 is 7.75. The fourth-order valence-electron chi connectivity index (χ4n) is 6.78. The van der Waals surface area contributed by atoms with Gasteiger partial charge in [-0.2, -0.15) is 5.10 Å². The Morgan fingerprint density at radius 1 is 1.11 bits per heavy atom. The van der Waals surface area contributed by atoms with Gasteiger partial charge in [0.15, 0.2) is 5.82 Å². The maximum Gasteiger partial charge on any atom is 0.219 e.